The number of aromatic nitrogens is 4. The Morgan fingerprint density at radius 1 is 0.973 bits per heavy atom. The van der Waals surface area contributed by atoms with E-state index in [2.05, 4.69) is 70.8 Å². The third kappa shape index (κ3) is 4.85. The van der Waals surface area contributed by atoms with E-state index in [1.54, 1.807) is 35.3 Å². The number of rotatable bonds is 6. The minimum Gasteiger partial charge on any atom is -0.469 e. The maximum absolute atomic E-state index is 11.7. The molecule has 1 aliphatic carbocycles. The van der Waals surface area contributed by atoms with Crippen LogP contribution in [0.4, 0.5) is 11.5 Å². The van der Waals surface area contributed by atoms with Gasteiger partial charge in [0.25, 0.3) is 0 Å². The van der Waals surface area contributed by atoms with Crippen molar-refractivity contribution in [1.29, 1.82) is 0 Å². The summed E-state index contributed by atoms with van der Waals surface area (Å²) in [6, 6.07) is 8.28. The molecular weight excluding hydrogens is 570 g/mol. The molecule has 1 N–H and O–H groups in total. The first kappa shape index (κ1) is 24.4. The fourth-order valence-electron chi connectivity index (χ4n) is 5.12. The van der Waals surface area contributed by atoms with E-state index in [0.717, 1.165) is 73.4 Å². The van der Waals surface area contributed by atoms with Crippen molar-refractivity contribution in [2.24, 2.45) is 5.92 Å². The van der Waals surface area contributed by atoms with Crippen LogP contribution in [0.5, 0.6) is 0 Å². The van der Waals surface area contributed by atoms with Crippen molar-refractivity contribution in [3.05, 3.63) is 57.7 Å². The standard InChI is InChI=1S/C27H24BrN5O2S2/c1-35-21(34)10-15-2-4-16(5-3-15)19-11-36-25-22(29-13-30-23(19)25)17-6-8-18(9-7-17)33-27-26-24(31-14-32-27)20(28)12-37-26/h6-9,11-16H,2-5,10H2,1H3,(H,31,32,33). The zero-order chi connectivity index (χ0) is 25.4. The summed E-state index contributed by atoms with van der Waals surface area (Å²) < 4.78 is 7.97. The van der Waals surface area contributed by atoms with Gasteiger partial charge in [-0.15, -0.1) is 22.7 Å². The maximum atomic E-state index is 11.7. The molecule has 4 aromatic heterocycles. The molecule has 1 aromatic carbocycles. The zero-order valence-electron chi connectivity index (χ0n) is 20.1. The number of halogens is 1. The van der Waals surface area contributed by atoms with E-state index in [1.807, 2.05) is 5.38 Å². The van der Waals surface area contributed by atoms with Gasteiger partial charge in [0.15, 0.2) is 5.82 Å². The Labute approximate surface area is 230 Å². The number of benzene rings is 1. The molecule has 1 saturated carbocycles. The van der Waals surface area contributed by atoms with E-state index in [9.17, 15) is 4.79 Å². The Bertz CT molecular complexity index is 1580. The van der Waals surface area contributed by atoms with Gasteiger partial charge in [-0.3, -0.25) is 4.79 Å². The number of hydrogen-bond acceptors (Lipinski definition) is 9. The van der Waals surface area contributed by atoms with Crippen molar-refractivity contribution in [3.63, 3.8) is 0 Å². The lowest BCUT2D eigenvalue weighted by Crippen LogP contribution is -2.17. The molecule has 7 nitrogen and oxygen atoms in total. The van der Waals surface area contributed by atoms with Gasteiger partial charge < -0.3 is 10.1 Å². The lowest BCUT2D eigenvalue weighted by atomic mass is 9.78. The summed E-state index contributed by atoms with van der Waals surface area (Å²) in [5.41, 5.74) is 6.24. The second-order valence-electron chi connectivity index (χ2n) is 9.27. The van der Waals surface area contributed by atoms with Crippen LogP contribution in [-0.2, 0) is 9.53 Å². The summed E-state index contributed by atoms with van der Waals surface area (Å²) in [6.45, 7) is 0. The minimum atomic E-state index is -0.104. The molecule has 10 heteroatoms. The maximum Gasteiger partial charge on any atom is 0.305 e. The number of anilines is 2. The highest BCUT2D eigenvalue weighted by atomic mass is 79.9. The van der Waals surface area contributed by atoms with Crippen LogP contribution < -0.4 is 5.32 Å². The van der Waals surface area contributed by atoms with Crippen LogP contribution in [0.3, 0.4) is 0 Å². The molecule has 0 saturated heterocycles. The van der Waals surface area contributed by atoms with Crippen LogP contribution in [0, 0.1) is 5.92 Å². The van der Waals surface area contributed by atoms with Crippen LogP contribution in [0.1, 0.15) is 43.6 Å². The van der Waals surface area contributed by atoms with Crippen molar-refractivity contribution in [2.75, 3.05) is 12.4 Å². The molecule has 0 unspecified atom stereocenters. The molecule has 0 bridgehead atoms. The summed E-state index contributed by atoms with van der Waals surface area (Å²) in [7, 11) is 1.46. The summed E-state index contributed by atoms with van der Waals surface area (Å²) in [4.78, 5) is 29.8. The highest BCUT2D eigenvalue weighted by Crippen LogP contribution is 2.43. The first-order valence-electron chi connectivity index (χ1n) is 12.1. The quantitative estimate of drug-likeness (QED) is 0.202. The number of thiophene rings is 2. The van der Waals surface area contributed by atoms with Gasteiger partial charge >= 0.3 is 5.97 Å². The van der Waals surface area contributed by atoms with Gasteiger partial charge in [0.1, 0.15) is 18.2 Å². The predicted octanol–water partition coefficient (Wildman–Crippen LogP) is 7.71. The number of nitrogens with zero attached hydrogens (tertiary/aromatic N) is 4. The molecule has 0 spiro atoms. The Hall–Kier alpha value is -2.95. The van der Waals surface area contributed by atoms with Crippen molar-refractivity contribution < 1.29 is 9.53 Å². The van der Waals surface area contributed by atoms with Gasteiger partial charge in [-0.05, 0) is 76.5 Å². The average Bonchev–Trinajstić information content (AvgIpc) is 3.54. The molecule has 0 atom stereocenters. The summed E-state index contributed by atoms with van der Waals surface area (Å²) in [6.07, 6.45) is 8.02. The fourth-order valence-corrected chi connectivity index (χ4v) is 7.77. The summed E-state index contributed by atoms with van der Waals surface area (Å²) >= 11 is 6.87. The normalized spacial score (nSPS) is 17.8. The van der Waals surface area contributed by atoms with Crippen molar-refractivity contribution >= 4 is 76.5 Å². The molecule has 0 amide bonds. The van der Waals surface area contributed by atoms with Crippen LogP contribution in [0.25, 0.3) is 31.7 Å². The van der Waals surface area contributed by atoms with Crippen molar-refractivity contribution in [2.45, 2.75) is 38.0 Å². The smallest absolute Gasteiger partial charge is 0.305 e. The number of hydrogen-bond donors (Lipinski definition) is 1. The van der Waals surface area contributed by atoms with Gasteiger partial charge in [0, 0.05) is 23.1 Å². The lowest BCUT2D eigenvalue weighted by Gasteiger charge is -2.27. The van der Waals surface area contributed by atoms with Gasteiger partial charge in [0.2, 0.25) is 0 Å². The van der Waals surface area contributed by atoms with Crippen molar-refractivity contribution in [3.8, 4) is 11.3 Å². The molecule has 188 valence electrons. The number of esters is 1. The lowest BCUT2D eigenvalue weighted by molar-refractivity contribution is -0.142. The van der Waals surface area contributed by atoms with E-state index in [0.29, 0.717) is 18.3 Å². The highest BCUT2D eigenvalue weighted by molar-refractivity contribution is 9.10. The molecular formula is C27H24BrN5O2S2. The number of methoxy groups -OCH3 is 1. The fraction of sp³-hybridized carbons (Fsp3) is 0.296. The SMILES string of the molecule is COC(=O)CC1CCC(c2csc3c(-c4ccc(Nc5ncnc6c(Br)csc56)cc4)ncnc23)CC1. The van der Waals surface area contributed by atoms with E-state index in [4.69, 9.17) is 4.74 Å². The second kappa shape index (κ2) is 10.4. The van der Waals surface area contributed by atoms with Crippen LogP contribution in [0.15, 0.2) is 52.2 Å². The molecule has 6 rings (SSSR count). The first-order valence-corrected chi connectivity index (χ1v) is 14.7. The number of carbonyl (C=O) groups is 1. The van der Waals surface area contributed by atoms with Crippen LogP contribution in [-0.4, -0.2) is 33.0 Å². The number of fused-ring (bicyclic) bond motifs is 2. The Kier molecular flexibility index (Phi) is 6.88. The predicted molar refractivity (Wildman–Crippen MR) is 153 cm³/mol. The van der Waals surface area contributed by atoms with Gasteiger partial charge in [0.05, 0.1) is 32.2 Å². The van der Waals surface area contributed by atoms with Crippen LogP contribution >= 0.6 is 38.6 Å². The molecule has 4 heterocycles. The Balaban J connectivity index is 1.21. The van der Waals surface area contributed by atoms with Crippen molar-refractivity contribution in [1.82, 2.24) is 19.9 Å². The largest absolute Gasteiger partial charge is 0.469 e. The Morgan fingerprint density at radius 3 is 2.49 bits per heavy atom. The first-order chi connectivity index (χ1) is 18.1. The number of nitrogens with one attached hydrogen (secondary N) is 1. The van der Waals surface area contributed by atoms with Gasteiger partial charge in [-0.1, -0.05) is 12.1 Å². The average molecular weight is 595 g/mol. The van der Waals surface area contributed by atoms with E-state index in [-0.39, 0.29) is 5.97 Å². The second-order valence-corrected chi connectivity index (χ2v) is 11.9. The molecule has 37 heavy (non-hydrogen) atoms. The van der Waals surface area contributed by atoms with Gasteiger partial charge in [-0.25, -0.2) is 19.9 Å². The number of ether oxygens (including phenoxy) is 1. The number of carbonyl (C=O) groups excluding carboxylic acids is 1. The Morgan fingerprint density at radius 2 is 1.70 bits per heavy atom. The van der Waals surface area contributed by atoms with E-state index >= 15 is 0 Å². The summed E-state index contributed by atoms with van der Waals surface area (Å²) in [5.74, 6) is 1.58. The zero-order valence-corrected chi connectivity index (χ0v) is 23.3. The third-order valence-corrected chi connectivity index (χ3v) is 9.96. The molecule has 0 radical (unpaired) electrons. The molecule has 0 aliphatic heterocycles. The minimum absolute atomic E-state index is 0.104. The summed E-state index contributed by atoms with van der Waals surface area (Å²) in [5, 5.41) is 7.70. The molecule has 5 aromatic rings. The van der Waals surface area contributed by atoms with Crippen LogP contribution in [0.2, 0.25) is 0 Å². The molecule has 1 fully saturated rings. The van der Waals surface area contributed by atoms with E-state index < -0.39 is 0 Å². The third-order valence-electron chi connectivity index (χ3n) is 7.08. The topological polar surface area (TPSA) is 89.9 Å². The molecule has 1 aliphatic rings. The van der Waals surface area contributed by atoms with E-state index in [1.165, 1.54) is 12.7 Å². The monoisotopic (exact) mass is 593 g/mol. The van der Waals surface area contributed by atoms with Gasteiger partial charge in [-0.2, -0.15) is 0 Å². The highest BCUT2D eigenvalue weighted by Gasteiger charge is 2.27.